The molecule has 0 saturated carbocycles. The molecule has 0 unspecified atom stereocenters. The highest BCUT2D eigenvalue weighted by Crippen LogP contribution is 2.19. The zero-order chi connectivity index (χ0) is 24.0. The second kappa shape index (κ2) is 10.2. The number of ether oxygens (including phenoxy) is 1. The Kier molecular flexibility index (Phi) is 7.34. The number of aryl methyl sites for hydroxylation is 1. The van der Waals surface area contributed by atoms with Crippen LogP contribution < -0.4 is 14.8 Å². The van der Waals surface area contributed by atoms with E-state index >= 15 is 0 Å². The first-order valence-electron chi connectivity index (χ1n) is 10.1. The Morgan fingerprint density at radius 1 is 0.939 bits per heavy atom. The van der Waals surface area contributed by atoms with Crippen molar-refractivity contribution in [2.75, 3.05) is 30.7 Å². The van der Waals surface area contributed by atoms with Gasteiger partial charge in [0.2, 0.25) is 5.91 Å². The SMILES string of the molecule is COc1cccc(NC(=O)CN(C)C(=O)c2cccc(S(=O)(=O)Nc3ccc(C)cc3)c2)c1. The van der Waals surface area contributed by atoms with E-state index < -0.39 is 21.8 Å². The molecule has 3 aromatic rings. The molecule has 0 saturated heterocycles. The van der Waals surface area contributed by atoms with E-state index in [4.69, 9.17) is 4.74 Å². The summed E-state index contributed by atoms with van der Waals surface area (Å²) in [4.78, 5) is 26.3. The topological polar surface area (TPSA) is 105 Å². The van der Waals surface area contributed by atoms with Gasteiger partial charge in [0.05, 0.1) is 18.6 Å². The van der Waals surface area contributed by atoms with Gasteiger partial charge in [-0.05, 0) is 49.4 Å². The highest BCUT2D eigenvalue weighted by atomic mass is 32.2. The summed E-state index contributed by atoms with van der Waals surface area (Å²) in [6.45, 7) is 1.69. The molecular weight excluding hydrogens is 442 g/mol. The molecule has 0 aliphatic carbocycles. The summed E-state index contributed by atoms with van der Waals surface area (Å²) < 4.78 is 33.1. The normalized spacial score (nSPS) is 10.9. The molecule has 0 heterocycles. The highest BCUT2D eigenvalue weighted by molar-refractivity contribution is 7.92. The standard InChI is InChI=1S/C24H25N3O5S/c1-17-10-12-19(13-11-17)26-33(30,31)22-9-4-6-18(14-22)24(29)27(2)16-23(28)25-20-7-5-8-21(15-20)32-3/h4-15,26H,16H2,1-3H3,(H,25,28). The van der Waals surface area contributed by atoms with E-state index in [1.54, 1.807) is 48.5 Å². The molecule has 33 heavy (non-hydrogen) atoms. The molecule has 0 fully saturated rings. The number of benzene rings is 3. The van der Waals surface area contributed by atoms with Crippen molar-refractivity contribution in [3.05, 3.63) is 83.9 Å². The molecule has 0 radical (unpaired) electrons. The van der Waals surface area contributed by atoms with Gasteiger partial charge in [0.15, 0.2) is 0 Å². The number of amides is 2. The van der Waals surface area contributed by atoms with Crippen molar-refractivity contribution in [1.29, 1.82) is 0 Å². The number of hydrogen-bond acceptors (Lipinski definition) is 5. The number of likely N-dealkylation sites (N-methyl/N-ethyl adjacent to an activating group) is 1. The van der Waals surface area contributed by atoms with Gasteiger partial charge in [-0.25, -0.2) is 8.42 Å². The molecule has 0 spiro atoms. The van der Waals surface area contributed by atoms with Crippen LogP contribution in [-0.4, -0.2) is 45.8 Å². The van der Waals surface area contributed by atoms with Crippen LogP contribution in [0, 0.1) is 6.92 Å². The van der Waals surface area contributed by atoms with E-state index in [0.29, 0.717) is 17.1 Å². The summed E-state index contributed by atoms with van der Waals surface area (Å²) in [5.41, 5.74) is 2.11. The molecule has 2 N–H and O–H groups in total. The predicted octanol–water partition coefficient (Wildman–Crippen LogP) is 3.52. The first-order valence-corrected chi connectivity index (χ1v) is 11.6. The fourth-order valence-electron chi connectivity index (χ4n) is 3.04. The van der Waals surface area contributed by atoms with Crippen molar-refractivity contribution in [2.45, 2.75) is 11.8 Å². The van der Waals surface area contributed by atoms with E-state index in [1.807, 2.05) is 6.92 Å². The van der Waals surface area contributed by atoms with E-state index in [9.17, 15) is 18.0 Å². The molecule has 0 bridgehead atoms. The predicted molar refractivity (Wildman–Crippen MR) is 127 cm³/mol. The maximum absolute atomic E-state index is 12.8. The third kappa shape index (κ3) is 6.33. The van der Waals surface area contributed by atoms with Gasteiger partial charge in [-0.3, -0.25) is 14.3 Å². The molecule has 0 aromatic heterocycles. The lowest BCUT2D eigenvalue weighted by atomic mass is 10.2. The summed E-state index contributed by atoms with van der Waals surface area (Å²) in [6, 6.07) is 19.5. The Balaban J connectivity index is 1.68. The van der Waals surface area contributed by atoms with Crippen LogP contribution in [0.5, 0.6) is 5.75 Å². The van der Waals surface area contributed by atoms with Crippen molar-refractivity contribution >= 4 is 33.2 Å². The summed E-state index contributed by atoms with van der Waals surface area (Å²) in [5.74, 6) is -0.290. The number of nitrogens with zero attached hydrogens (tertiary/aromatic N) is 1. The third-order valence-electron chi connectivity index (χ3n) is 4.78. The van der Waals surface area contributed by atoms with Gasteiger partial charge in [-0.2, -0.15) is 0 Å². The average Bonchev–Trinajstić information content (AvgIpc) is 2.80. The zero-order valence-electron chi connectivity index (χ0n) is 18.5. The van der Waals surface area contributed by atoms with Crippen LogP contribution in [0.2, 0.25) is 0 Å². The van der Waals surface area contributed by atoms with Gasteiger partial charge in [-0.15, -0.1) is 0 Å². The van der Waals surface area contributed by atoms with Crippen LogP contribution in [0.1, 0.15) is 15.9 Å². The van der Waals surface area contributed by atoms with Gasteiger partial charge < -0.3 is 15.0 Å². The Bertz CT molecular complexity index is 1260. The minimum absolute atomic E-state index is 0.0526. The number of methoxy groups -OCH3 is 1. The molecule has 0 atom stereocenters. The minimum Gasteiger partial charge on any atom is -0.497 e. The van der Waals surface area contributed by atoms with Crippen LogP contribution >= 0.6 is 0 Å². The molecule has 8 nitrogen and oxygen atoms in total. The zero-order valence-corrected chi connectivity index (χ0v) is 19.3. The smallest absolute Gasteiger partial charge is 0.261 e. The summed E-state index contributed by atoms with van der Waals surface area (Å²) in [6.07, 6.45) is 0. The van der Waals surface area contributed by atoms with Gasteiger partial charge in [0.1, 0.15) is 5.75 Å². The third-order valence-corrected chi connectivity index (χ3v) is 6.16. The average molecular weight is 468 g/mol. The maximum atomic E-state index is 12.8. The van der Waals surface area contributed by atoms with Crippen LogP contribution in [0.3, 0.4) is 0 Å². The monoisotopic (exact) mass is 467 g/mol. The van der Waals surface area contributed by atoms with E-state index in [1.165, 1.54) is 43.3 Å². The minimum atomic E-state index is -3.89. The highest BCUT2D eigenvalue weighted by Gasteiger charge is 2.19. The Labute approximate surface area is 193 Å². The Hall–Kier alpha value is -3.85. The molecule has 3 aromatic carbocycles. The molecule has 2 amide bonds. The Morgan fingerprint density at radius 3 is 2.33 bits per heavy atom. The summed E-state index contributed by atoms with van der Waals surface area (Å²) in [5, 5.41) is 2.70. The quantitative estimate of drug-likeness (QED) is 0.528. The fourth-order valence-corrected chi connectivity index (χ4v) is 4.14. The van der Waals surface area contributed by atoms with Crippen LogP contribution in [-0.2, 0) is 14.8 Å². The van der Waals surface area contributed by atoms with Gasteiger partial charge in [0.25, 0.3) is 15.9 Å². The molecule has 0 aliphatic heterocycles. The van der Waals surface area contributed by atoms with Crippen LogP contribution in [0.4, 0.5) is 11.4 Å². The fraction of sp³-hybridized carbons (Fsp3) is 0.167. The first kappa shape index (κ1) is 23.8. The number of nitrogens with one attached hydrogen (secondary N) is 2. The number of anilines is 2. The van der Waals surface area contributed by atoms with Crippen molar-refractivity contribution in [1.82, 2.24) is 4.90 Å². The lowest BCUT2D eigenvalue weighted by Crippen LogP contribution is -2.35. The number of carbonyl (C=O) groups excluding carboxylic acids is 2. The van der Waals surface area contributed by atoms with Crippen molar-refractivity contribution in [3.8, 4) is 5.75 Å². The molecule has 172 valence electrons. The lowest BCUT2D eigenvalue weighted by molar-refractivity contribution is -0.116. The largest absolute Gasteiger partial charge is 0.497 e. The lowest BCUT2D eigenvalue weighted by Gasteiger charge is -2.17. The Morgan fingerprint density at radius 2 is 1.64 bits per heavy atom. The van der Waals surface area contributed by atoms with Crippen molar-refractivity contribution in [3.63, 3.8) is 0 Å². The molecule has 0 aliphatic rings. The van der Waals surface area contributed by atoms with Crippen LogP contribution in [0.15, 0.2) is 77.7 Å². The van der Waals surface area contributed by atoms with Gasteiger partial charge in [-0.1, -0.05) is 29.8 Å². The summed E-state index contributed by atoms with van der Waals surface area (Å²) >= 11 is 0. The van der Waals surface area contributed by atoms with Gasteiger partial charge in [0, 0.05) is 30.1 Å². The van der Waals surface area contributed by atoms with Gasteiger partial charge >= 0.3 is 0 Å². The molecule has 9 heteroatoms. The first-order chi connectivity index (χ1) is 15.7. The van der Waals surface area contributed by atoms with Crippen LogP contribution in [0.25, 0.3) is 0 Å². The van der Waals surface area contributed by atoms with E-state index in [2.05, 4.69) is 10.0 Å². The number of sulfonamides is 1. The second-order valence-corrected chi connectivity index (χ2v) is 9.12. The van der Waals surface area contributed by atoms with Crippen molar-refractivity contribution in [2.24, 2.45) is 0 Å². The summed E-state index contributed by atoms with van der Waals surface area (Å²) in [7, 11) is -0.893. The van der Waals surface area contributed by atoms with E-state index in [0.717, 1.165) is 5.56 Å². The number of hydrogen-bond donors (Lipinski definition) is 2. The molecular formula is C24H25N3O5S. The molecule has 3 rings (SSSR count). The number of carbonyl (C=O) groups is 2. The number of rotatable bonds is 8. The van der Waals surface area contributed by atoms with Crippen molar-refractivity contribution < 1.29 is 22.7 Å². The van der Waals surface area contributed by atoms with E-state index in [-0.39, 0.29) is 17.0 Å². The maximum Gasteiger partial charge on any atom is 0.261 e. The second-order valence-electron chi connectivity index (χ2n) is 7.44.